The molecule has 2 aliphatic carbocycles. The smallest absolute Gasteiger partial charge is 0.394 e. The number of ether oxygens (including phenoxy) is 3. The summed E-state index contributed by atoms with van der Waals surface area (Å²) in [5.74, 6) is -1.47. The van der Waals surface area contributed by atoms with Crippen LogP contribution in [0.1, 0.15) is 95.2 Å². The van der Waals surface area contributed by atoms with Gasteiger partial charge >= 0.3 is 6.18 Å². The minimum atomic E-state index is -4.70. The van der Waals surface area contributed by atoms with Crippen molar-refractivity contribution < 1.29 is 55.3 Å². The van der Waals surface area contributed by atoms with Gasteiger partial charge in [-0.1, -0.05) is 38.4 Å². The molecular weight excluding hydrogens is 911 g/mol. The number of fused-ring (bicyclic) bond motifs is 1. The number of anilines is 1. The minimum absolute atomic E-state index is 0.0402. The summed E-state index contributed by atoms with van der Waals surface area (Å²) in [5, 5.41) is 18.5. The Morgan fingerprint density at radius 3 is 2.35 bits per heavy atom. The zero-order chi connectivity index (χ0) is 46.9. The third kappa shape index (κ3) is 12.6. The lowest BCUT2D eigenvalue weighted by molar-refractivity contribution is -0.137. The van der Waals surface area contributed by atoms with E-state index in [-0.39, 0.29) is 75.3 Å². The van der Waals surface area contributed by atoms with Crippen LogP contribution in [0, 0.1) is 11.3 Å². The Morgan fingerprint density at radius 1 is 0.985 bits per heavy atom. The lowest BCUT2D eigenvalue weighted by Crippen LogP contribution is -2.44. The summed E-state index contributed by atoms with van der Waals surface area (Å²) in [5.41, 5.74) is 0.130. The molecule has 0 spiro atoms. The predicted octanol–water partition coefficient (Wildman–Crippen LogP) is 7.33. The number of hydrogen-bond donors (Lipinski definition) is 3. The fraction of sp³-hybridized carbons (Fsp3) is 0.511. The summed E-state index contributed by atoms with van der Waals surface area (Å²) >= 11 is 7.10. The molecule has 65 heavy (non-hydrogen) atoms. The van der Waals surface area contributed by atoms with E-state index < -0.39 is 38.5 Å². The van der Waals surface area contributed by atoms with Gasteiger partial charge in [0.15, 0.2) is 5.78 Å². The topological polar surface area (TPSA) is 178 Å². The number of thiophene rings is 1. The van der Waals surface area contributed by atoms with E-state index in [1.165, 1.54) is 58.4 Å². The molecule has 0 atom stereocenters. The van der Waals surface area contributed by atoms with E-state index in [2.05, 4.69) is 29.6 Å². The Bertz CT molecular complexity index is 2420. The summed E-state index contributed by atoms with van der Waals surface area (Å²) < 4.78 is 87.8. The van der Waals surface area contributed by atoms with E-state index in [0.29, 0.717) is 78.1 Å². The van der Waals surface area contributed by atoms with E-state index in [4.69, 9.17) is 30.9 Å². The predicted molar refractivity (Wildman–Crippen MR) is 239 cm³/mol. The molecule has 14 nitrogen and oxygen atoms in total. The van der Waals surface area contributed by atoms with E-state index in [0.717, 1.165) is 33.7 Å². The Morgan fingerprint density at radius 2 is 1.68 bits per heavy atom. The number of hydrogen-bond acceptors (Lipinski definition) is 11. The highest BCUT2D eigenvalue weighted by Crippen LogP contribution is 2.45. The number of nitrogens with zero attached hydrogens (tertiary/aromatic N) is 3. The second kappa shape index (κ2) is 22.1. The van der Waals surface area contributed by atoms with Crippen molar-refractivity contribution in [2.24, 2.45) is 11.3 Å². The number of nitrogens with one attached hydrogen (secondary N) is 2. The van der Waals surface area contributed by atoms with Gasteiger partial charge in [-0.15, -0.1) is 11.3 Å². The summed E-state index contributed by atoms with van der Waals surface area (Å²) in [7, 11) is -4.08. The van der Waals surface area contributed by atoms with Crippen LogP contribution in [-0.2, 0) is 48.0 Å². The van der Waals surface area contributed by atoms with Gasteiger partial charge in [0, 0.05) is 41.7 Å². The van der Waals surface area contributed by atoms with Crippen LogP contribution in [0.25, 0.3) is 5.69 Å². The molecule has 3 N–H and O–H groups in total. The molecule has 2 aliphatic rings. The number of amides is 2. The van der Waals surface area contributed by atoms with E-state index in [1.807, 2.05) is 0 Å². The van der Waals surface area contributed by atoms with Gasteiger partial charge in [-0.25, -0.2) is 13.1 Å². The van der Waals surface area contributed by atoms with Gasteiger partial charge in [0.25, 0.3) is 5.91 Å². The number of carbonyl (C=O) groups is 3. The monoisotopic (exact) mass is 965 g/mol. The van der Waals surface area contributed by atoms with Crippen molar-refractivity contribution in [1.82, 2.24) is 19.4 Å². The number of carbonyl (C=O) groups excluding carboxylic acids is 3. The van der Waals surface area contributed by atoms with Gasteiger partial charge in [-0.2, -0.15) is 22.6 Å². The fourth-order valence-corrected chi connectivity index (χ4v) is 11.7. The van der Waals surface area contributed by atoms with Crippen LogP contribution in [-0.4, -0.2) is 111 Å². The normalized spacial score (nSPS) is 17.5. The van der Waals surface area contributed by atoms with Crippen molar-refractivity contribution in [2.45, 2.75) is 82.8 Å². The number of rotatable bonds is 21. The maximum absolute atomic E-state index is 14.3. The SMILES string of the molecule is CCN(C1CCC(C(=O)NCCOCCOCCOCCO)CC1)S(=O)(=O)c1cccc(C(=O)Nc2sc3c(c2C(=O)c2cnn(-c4ccc(Cl)c(C(F)(F)F)c4)c2)CCC(C)(C)C3)c1. The minimum Gasteiger partial charge on any atom is -0.394 e. The molecule has 0 unspecified atom stereocenters. The van der Waals surface area contributed by atoms with Crippen LogP contribution in [0.5, 0.6) is 0 Å². The number of ketones is 1. The van der Waals surface area contributed by atoms with Crippen LogP contribution >= 0.6 is 22.9 Å². The van der Waals surface area contributed by atoms with E-state index in [1.54, 1.807) is 6.92 Å². The second-order valence-corrected chi connectivity index (χ2v) is 20.2. The summed E-state index contributed by atoms with van der Waals surface area (Å²) in [4.78, 5) is 42.1. The number of aliphatic hydroxyl groups excluding tert-OH is 1. The number of aromatic nitrogens is 2. The second-order valence-electron chi connectivity index (χ2n) is 16.8. The molecule has 2 heterocycles. The molecule has 0 saturated heterocycles. The van der Waals surface area contributed by atoms with Crippen molar-refractivity contribution >= 4 is 55.6 Å². The standard InChI is InChI=1S/C45H55ClF3N5O9S2/c1-4-54(32-10-8-29(9-11-32)41(57)50-16-18-61-20-22-63-23-21-62-19-17-55)65(59,60)34-7-5-6-30(24-34)42(58)52-43-39(35-14-15-44(2,3)26-38(35)64-43)40(56)31-27-51-53(28-31)33-12-13-37(46)36(25-33)45(47,48)49/h5-7,12-13,24-25,27-29,32,55H,4,8-11,14-23,26H2,1-3H3,(H,50,57)(H,52,58). The van der Waals surface area contributed by atoms with Crippen LogP contribution in [0.3, 0.4) is 0 Å². The Hall–Kier alpha value is -4.21. The molecule has 1 saturated carbocycles. The quantitative estimate of drug-likeness (QED) is 0.0566. The molecule has 4 aromatic rings. The molecule has 0 aliphatic heterocycles. The lowest BCUT2D eigenvalue weighted by atomic mass is 9.76. The first-order chi connectivity index (χ1) is 30.9. The van der Waals surface area contributed by atoms with Crippen LogP contribution in [0.4, 0.5) is 18.2 Å². The van der Waals surface area contributed by atoms with Gasteiger partial charge in [-0.3, -0.25) is 14.4 Å². The van der Waals surface area contributed by atoms with Crippen molar-refractivity contribution in [3.05, 3.63) is 92.6 Å². The Kier molecular flexibility index (Phi) is 17.0. The van der Waals surface area contributed by atoms with Crippen molar-refractivity contribution in [3.8, 4) is 5.69 Å². The molecule has 20 heteroatoms. The molecule has 1 fully saturated rings. The van der Waals surface area contributed by atoms with E-state index >= 15 is 0 Å². The molecule has 0 bridgehead atoms. The molecule has 2 aromatic carbocycles. The number of sulfonamides is 1. The summed E-state index contributed by atoms with van der Waals surface area (Å²) in [6.45, 7) is 8.54. The van der Waals surface area contributed by atoms with Gasteiger partial charge in [-0.05, 0) is 92.3 Å². The number of halogens is 4. The first-order valence-corrected chi connectivity index (χ1v) is 24.2. The largest absolute Gasteiger partial charge is 0.417 e. The van der Waals surface area contributed by atoms with Gasteiger partial charge in [0.1, 0.15) is 5.00 Å². The average Bonchev–Trinajstić information content (AvgIpc) is 3.90. The highest BCUT2D eigenvalue weighted by molar-refractivity contribution is 7.89. The first kappa shape index (κ1) is 50.2. The van der Waals surface area contributed by atoms with Gasteiger partial charge in [0.2, 0.25) is 15.9 Å². The highest BCUT2D eigenvalue weighted by Gasteiger charge is 2.37. The van der Waals surface area contributed by atoms with Gasteiger partial charge < -0.3 is 30.0 Å². The van der Waals surface area contributed by atoms with Gasteiger partial charge in [0.05, 0.1) is 84.7 Å². The first-order valence-electron chi connectivity index (χ1n) is 21.6. The summed E-state index contributed by atoms with van der Waals surface area (Å²) in [6, 6.07) is 8.72. The zero-order valence-electron chi connectivity index (χ0n) is 36.5. The zero-order valence-corrected chi connectivity index (χ0v) is 38.9. The maximum Gasteiger partial charge on any atom is 0.417 e. The molecule has 0 radical (unpaired) electrons. The Balaban J connectivity index is 1.10. The fourth-order valence-electron chi connectivity index (χ4n) is 8.19. The van der Waals surface area contributed by atoms with Crippen LogP contribution in [0.2, 0.25) is 5.02 Å². The molecular formula is C45H55ClF3N5O9S2. The van der Waals surface area contributed by atoms with Crippen LogP contribution in [0.15, 0.2) is 59.8 Å². The number of alkyl halides is 3. The molecule has 2 amide bonds. The molecule has 354 valence electrons. The van der Waals surface area contributed by atoms with Crippen molar-refractivity contribution in [1.29, 1.82) is 0 Å². The average molecular weight is 967 g/mol. The third-order valence-electron chi connectivity index (χ3n) is 11.6. The van der Waals surface area contributed by atoms with Crippen molar-refractivity contribution in [2.75, 3.05) is 64.7 Å². The van der Waals surface area contributed by atoms with Crippen molar-refractivity contribution in [3.63, 3.8) is 0 Å². The molecule has 6 rings (SSSR count). The third-order valence-corrected chi connectivity index (χ3v) is 15.1. The van der Waals surface area contributed by atoms with E-state index in [9.17, 15) is 36.0 Å². The maximum atomic E-state index is 14.3. The highest BCUT2D eigenvalue weighted by atomic mass is 35.5. The molecule has 2 aromatic heterocycles. The number of benzene rings is 2. The lowest BCUT2D eigenvalue weighted by Gasteiger charge is -2.35. The number of aliphatic hydroxyl groups is 1. The Labute approximate surface area is 385 Å². The summed E-state index contributed by atoms with van der Waals surface area (Å²) in [6.07, 6.45) is 1.83. The van der Waals surface area contributed by atoms with Crippen LogP contribution < -0.4 is 10.6 Å².